The maximum absolute atomic E-state index is 9.03. The van der Waals surface area contributed by atoms with Gasteiger partial charge >= 0.3 is 0 Å². The van der Waals surface area contributed by atoms with Crippen molar-refractivity contribution in [1.29, 1.82) is 0 Å². The van der Waals surface area contributed by atoms with E-state index in [1.165, 1.54) is 0 Å². The number of allylic oxidation sites excluding steroid dienone is 1. The van der Waals surface area contributed by atoms with E-state index in [1.54, 1.807) is 0 Å². The summed E-state index contributed by atoms with van der Waals surface area (Å²) in [5.41, 5.74) is 8.45. The second kappa shape index (κ2) is 19.0. The molecular formula is C20H35NO3. The molecule has 0 aromatic heterocycles. The van der Waals surface area contributed by atoms with E-state index < -0.39 is 0 Å². The van der Waals surface area contributed by atoms with Crippen LogP contribution in [0.1, 0.15) is 47.1 Å². The number of aliphatic hydroxyl groups is 1. The van der Waals surface area contributed by atoms with Crippen LogP contribution in [0.4, 0.5) is 5.69 Å². The Morgan fingerprint density at radius 2 is 1.67 bits per heavy atom. The van der Waals surface area contributed by atoms with Crippen LogP contribution in [-0.4, -0.2) is 18.5 Å². The highest BCUT2D eigenvalue weighted by Crippen LogP contribution is 2.14. The Bertz CT molecular complexity index is 439. The molecule has 0 aliphatic carbocycles. The number of benzene rings is 1. The number of aliphatic hydroxyl groups excluding tert-OH is 1. The minimum Gasteiger partial charge on any atom is -0.490 e. The molecule has 4 nitrogen and oxygen atoms in total. The Balaban J connectivity index is -0.000000659. The predicted octanol–water partition coefficient (Wildman–Crippen LogP) is 4.74. The van der Waals surface area contributed by atoms with Crippen LogP contribution >= 0.6 is 0 Å². The number of carbonyl (C=O) groups is 1. The first-order chi connectivity index (χ1) is 11.5. The smallest absolute Gasteiger partial charge is 0.113 e. The monoisotopic (exact) mass is 337 g/mol. The molecule has 1 atom stereocenters. The molecule has 1 unspecified atom stereocenters. The summed E-state index contributed by atoms with van der Waals surface area (Å²) < 4.78 is 5.54. The van der Waals surface area contributed by atoms with E-state index in [-0.39, 0.29) is 12.5 Å². The standard InChI is InChI=1S/C15H21NO2.2C2H6.CH2O/c1-11(12(2)9-17)8-13(3)18-10-14-4-6-15(16)7-5-14;3*1-2/h4-8,12,17H,3,9-10,16H2,1-2H3;2*1-2H3;1H2/b11-8+;;;. The van der Waals surface area contributed by atoms with Crippen molar-refractivity contribution in [3.8, 4) is 0 Å². The van der Waals surface area contributed by atoms with Gasteiger partial charge in [-0.15, -0.1) is 0 Å². The van der Waals surface area contributed by atoms with Gasteiger partial charge in [-0.2, -0.15) is 0 Å². The molecular weight excluding hydrogens is 302 g/mol. The molecule has 0 spiro atoms. The molecule has 1 rings (SSSR count). The molecule has 0 aliphatic rings. The molecule has 1 aromatic rings. The average molecular weight is 338 g/mol. The first kappa shape index (κ1) is 26.8. The van der Waals surface area contributed by atoms with E-state index in [0.717, 1.165) is 16.8 Å². The van der Waals surface area contributed by atoms with Gasteiger partial charge in [0, 0.05) is 18.2 Å². The van der Waals surface area contributed by atoms with Gasteiger partial charge in [0.1, 0.15) is 19.2 Å². The molecule has 0 bridgehead atoms. The Morgan fingerprint density at radius 1 is 1.21 bits per heavy atom. The molecule has 3 N–H and O–H groups in total. The largest absolute Gasteiger partial charge is 0.490 e. The van der Waals surface area contributed by atoms with Gasteiger partial charge in [-0.05, 0) is 30.7 Å². The molecule has 0 heterocycles. The van der Waals surface area contributed by atoms with Gasteiger partial charge in [0.2, 0.25) is 0 Å². The lowest BCUT2D eigenvalue weighted by Crippen LogP contribution is -2.02. The predicted molar refractivity (Wildman–Crippen MR) is 105 cm³/mol. The Morgan fingerprint density at radius 3 is 2.08 bits per heavy atom. The van der Waals surface area contributed by atoms with E-state index in [0.29, 0.717) is 12.4 Å². The molecule has 0 fully saturated rings. The summed E-state index contributed by atoms with van der Waals surface area (Å²) in [7, 11) is 0. The Labute approximate surface area is 148 Å². The van der Waals surface area contributed by atoms with E-state index in [9.17, 15) is 0 Å². The van der Waals surface area contributed by atoms with E-state index in [2.05, 4.69) is 6.58 Å². The molecule has 138 valence electrons. The van der Waals surface area contributed by atoms with E-state index >= 15 is 0 Å². The number of hydrogen-bond acceptors (Lipinski definition) is 4. The third-order valence-electron chi connectivity index (χ3n) is 2.84. The maximum atomic E-state index is 9.03. The zero-order valence-electron chi connectivity index (χ0n) is 16.1. The quantitative estimate of drug-likeness (QED) is 0.447. The van der Waals surface area contributed by atoms with Crippen molar-refractivity contribution in [2.45, 2.75) is 48.1 Å². The van der Waals surface area contributed by atoms with Crippen molar-refractivity contribution in [3.63, 3.8) is 0 Å². The van der Waals surface area contributed by atoms with Crippen LogP contribution in [0, 0.1) is 5.92 Å². The van der Waals surface area contributed by atoms with Gasteiger partial charge in [-0.1, -0.05) is 58.9 Å². The number of nitrogen functional groups attached to an aromatic ring is 1. The Hall–Kier alpha value is -2.07. The molecule has 1 aromatic carbocycles. The lowest BCUT2D eigenvalue weighted by Gasteiger charge is -2.11. The van der Waals surface area contributed by atoms with Crippen LogP contribution in [0.2, 0.25) is 0 Å². The summed E-state index contributed by atoms with van der Waals surface area (Å²) in [6, 6.07) is 7.54. The zero-order valence-corrected chi connectivity index (χ0v) is 16.1. The summed E-state index contributed by atoms with van der Waals surface area (Å²) in [5, 5.41) is 9.03. The van der Waals surface area contributed by atoms with Crippen LogP contribution in [-0.2, 0) is 16.1 Å². The van der Waals surface area contributed by atoms with Gasteiger partial charge in [-0.25, -0.2) is 0 Å². The summed E-state index contributed by atoms with van der Waals surface area (Å²) in [6.45, 7) is 18.4. The lowest BCUT2D eigenvalue weighted by molar-refractivity contribution is -0.0979. The SMILES string of the molecule is C=C(/C=C(\C)C(C)CO)OCc1ccc(N)cc1.C=O.CC.CC. The molecule has 0 saturated heterocycles. The third kappa shape index (κ3) is 13.6. The first-order valence-corrected chi connectivity index (χ1v) is 8.27. The summed E-state index contributed by atoms with van der Waals surface area (Å²) in [5.74, 6) is 0.728. The lowest BCUT2D eigenvalue weighted by atomic mass is 10.0. The van der Waals surface area contributed by atoms with Crippen molar-refractivity contribution in [2.24, 2.45) is 5.92 Å². The van der Waals surface area contributed by atoms with Crippen LogP contribution in [0.25, 0.3) is 0 Å². The first-order valence-electron chi connectivity index (χ1n) is 8.27. The van der Waals surface area contributed by atoms with Crippen LogP contribution in [0.15, 0.2) is 48.3 Å². The van der Waals surface area contributed by atoms with Crippen molar-refractivity contribution in [2.75, 3.05) is 12.3 Å². The highest BCUT2D eigenvalue weighted by Gasteiger charge is 2.03. The van der Waals surface area contributed by atoms with Crippen LogP contribution in [0.5, 0.6) is 0 Å². The van der Waals surface area contributed by atoms with Crippen molar-refractivity contribution < 1.29 is 14.6 Å². The summed E-state index contributed by atoms with van der Waals surface area (Å²) >= 11 is 0. The number of hydrogen-bond donors (Lipinski definition) is 2. The van der Waals surface area contributed by atoms with Gasteiger partial charge in [0.05, 0.1) is 0 Å². The van der Waals surface area contributed by atoms with Gasteiger partial charge < -0.3 is 20.4 Å². The normalized spacial score (nSPS) is 10.5. The summed E-state index contributed by atoms with van der Waals surface area (Å²) in [6.07, 6.45) is 1.86. The minimum absolute atomic E-state index is 0.127. The highest BCUT2D eigenvalue weighted by atomic mass is 16.5. The number of rotatable bonds is 6. The average Bonchev–Trinajstić information content (AvgIpc) is 2.65. The van der Waals surface area contributed by atoms with Gasteiger partial charge in [0.15, 0.2) is 0 Å². The fourth-order valence-corrected chi connectivity index (χ4v) is 1.37. The minimum atomic E-state index is 0.127. The molecule has 0 saturated carbocycles. The fourth-order valence-electron chi connectivity index (χ4n) is 1.37. The zero-order chi connectivity index (χ0) is 19.5. The van der Waals surface area contributed by atoms with Crippen LogP contribution in [0.3, 0.4) is 0 Å². The van der Waals surface area contributed by atoms with E-state index in [1.807, 2.05) is 78.7 Å². The second-order valence-corrected chi connectivity index (χ2v) is 4.47. The Kier molecular flexibility index (Phi) is 21.2. The second-order valence-electron chi connectivity index (χ2n) is 4.47. The number of carbonyl (C=O) groups excluding carboxylic acids is 1. The van der Waals surface area contributed by atoms with E-state index in [4.69, 9.17) is 20.4 Å². The number of ether oxygens (including phenoxy) is 1. The molecule has 24 heavy (non-hydrogen) atoms. The van der Waals surface area contributed by atoms with Crippen LogP contribution < -0.4 is 5.73 Å². The van der Waals surface area contributed by atoms with Crippen molar-refractivity contribution in [1.82, 2.24) is 0 Å². The number of anilines is 1. The molecule has 4 heteroatoms. The fraction of sp³-hybridized carbons (Fsp3) is 0.450. The maximum Gasteiger partial charge on any atom is 0.113 e. The van der Waals surface area contributed by atoms with Crippen molar-refractivity contribution >= 4 is 12.5 Å². The topological polar surface area (TPSA) is 72.6 Å². The number of nitrogens with two attached hydrogens (primary N) is 1. The highest BCUT2D eigenvalue weighted by molar-refractivity contribution is 5.39. The molecule has 0 aliphatic heterocycles. The van der Waals surface area contributed by atoms with Gasteiger partial charge in [-0.3, -0.25) is 0 Å². The van der Waals surface area contributed by atoms with Gasteiger partial charge in [0.25, 0.3) is 0 Å². The third-order valence-corrected chi connectivity index (χ3v) is 2.84. The van der Waals surface area contributed by atoms with Crippen molar-refractivity contribution in [3.05, 3.63) is 53.8 Å². The summed E-state index contributed by atoms with van der Waals surface area (Å²) in [4.78, 5) is 8.00. The molecule has 0 radical (unpaired) electrons. The molecule has 0 amide bonds.